The minimum atomic E-state index is -0.391. The van der Waals surface area contributed by atoms with Crippen molar-refractivity contribution in [1.82, 2.24) is 5.43 Å². The Morgan fingerprint density at radius 2 is 1.84 bits per heavy atom. The van der Waals surface area contributed by atoms with Gasteiger partial charge in [-0.3, -0.25) is 4.79 Å². The molecule has 2 rings (SSSR count). The van der Waals surface area contributed by atoms with Crippen molar-refractivity contribution in [2.45, 2.75) is 13.8 Å². The summed E-state index contributed by atoms with van der Waals surface area (Å²) in [4.78, 5) is 23.3. The molecule has 0 aliphatic carbocycles. The molecule has 6 heteroatoms. The third kappa shape index (κ3) is 5.76. The maximum Gasteiger partial charge on any atom is 0.338 e. The van der Waals surface area contributed by atoms with Crippen molar-refractivity contribution in [3.05, 3.63) is 65.2 Å². The van der Waals surface area contributed by atoms with Crippen LogP contribution in [0, 0.1) is 6.92 Å². The molecule has 0 heterocycles. The molecule has 2 aromatic rings. The molecule has 0 spiro atoms. The number of aryl methyl sites for hydroxylation is 1. The first-order valence-corrected chi connectivity index (χ1v) is 7.87. The summed E-state index contributed by atoms with van der Waals surface area (Å²) in [7, 11) is 0. The maximum atomic E-state index is 11.7. The number of ether oxygens (including phenoxy) is 2. The van der Waals surface area contributed by atoms with Gasteiger partial charge >= 0.3 is 5.97 Å². The topological polar surface area (TPSA) is 77.0 Å². The summed E-state index contributed by atoms with van der Waals surface area (Å²) in [5, 5.41) is 3.91. The second-order valence-electron chi connectivity index (χ2n) is 5.18. The number of nitrogens with one attached hydrogen (secondary N) is 1. The molecule has 0 aromatic heterocycles. The van der Waals surface area contributed by atoms with Gasteiger partial charge in [0, 0.05) is 0 Å². The molecule has 0 unspecified atom stereocenters. The Balaban J connectivity index is 1.80. The van der Waals surface area contributed by atoms with Crippen LogP contribution in [0.1, 0.15) is 28.4 Å². The van der Waals surface area contributed by atoms with Crippen molar-refractivity contribution in [2.24, 2.45) is 5.10 Å². The molecule has 0 bridgehead atoms. The number of benzene rings is 2. The summed E-state index contributed by atoms with van der Waals surface area (Å²) in [5.41, 5.74) is 4.84. The third-order valence-electron chi connectivity index (χ3n) is 3.32. The zero-order valence-corrected chi connectivity index (χ0v) is 14.2. The van der Waals surface area contributed by atoms with Gasteiger partial charge in [0.25, 0.3) is 5.91 Å². The highest BCUT2D eigenvalue weighted by Crippen LogP contribution is 2.12. The number of amides is 1. The number of hydrogen-bond acceptors (Lipinski definition) is 5. The van der Waals surface area contributed by atoms with Gasteiger partial charge in [-0.25, -0.2) is 10.2 Å². The van der Waals surface area contributed by atoms with Gasteiger partial charge < -0.3 is 9.47 Å². The van der Waals surface area contributed by atoms with E-state index in [1.54, 1.807) is 37.4 Å². The number of esters is 1. The van der Waals surface area contributed by atoms with E-state index in [1.807, 2.05) is 31.2 Å². The largest absolute Gasteiger partial charge is 0.484 e. The van der Waals surface area contributed by atoms with Gasteiger partial charge in [0.15, 0.2) is 6.61 Å². The van der Waals surface area contributed by atoms with E-state index in [2.05, 4.69) is 10.5 Å². The fourth-order valence-electron chi connectivity index (χ4n) is 1.99. The molecule has 1 N–H and O–H groups in total. The van der Waals surface area contributed by atoms with Crippen molar-refractivity contribution in [2.75, 3.05) is 13.2 Å². The first kappa shape index (κ1) is 18.2. The number of hydrogen-bond donors (Lipinski definition) is 1. The predicted molar refractivity (Wildman–Crippen MR) is 94.8 cm³/mol. The van der Waals surface area contributed by atoms with E-state index in [-0.39, 0.29) is 12.5 Å². The first-order valence-electron chi connectivity index (χ1n) is 7.87. The molecule has 0 saturated heterocycles. The van der Waals surface area contributed by atoms with Crippen LogP contribution in [0.15, 0.2) is 53.6 Å². The van der Waals surface area contributed by atoms with E-state index < -0.39 is 5.97 Å². The molecule has 1 amide bonds. The van der Waals surface area contributed by atoms with Gasteiger partial charge in [0.1, 0.15) is 5.75 Å². The standard InChI is InChI=1S/C19H20N2O4/c1-3-24-19(23)15-8-10-17(11-9-15)25-13-18(22)21-20-12-16-7-5-4-6-14(16)2/h4-12H,3,13H2,1-2H3,(H,21,22). The van der Waals surface area contributed by atoms with Crippen LogP contribution in [0.5, 0.6) is 5.75 Å². The summed E-state index contributed by atoms with van der Waals surface area (Å²) in [6, 6.07) is 14.1. The van der Waals surface area contributed by atoms with Gasteiger partial charge in [-0.15, -0.1) is 0 Å². The van der Waals surface area contributed by atoms with E-state index in [4.69, 9.17) is 9.47 Å². The lowest BCUT2D eigenvalue weighted by molar-refractivity contribution is -0.123. The van der Waals surface area contributed by atoms with Gasteiger partial charge in [-0.05, 0) is 49.2 Å². The number of nitrogens with zero attached hydrogens (tertiary/aromatic N) is 1. The second kappa shape index (κ2) is 9.22. The van der Waals surface area contributed by atoms with Gasteiger partial charge in [0.2, 0.25) is 0 Å². The Kier molecular flexibility index (Phi) is 6.71. The van der Waals surface area contributed by atoms with Crippen LogP contribution >= 0.6 is 0 Å². The van der Waals surface area contributed by atoms with Gasteiger partial charge in [-0.1, -0.05) is 24.3 Å². The molecule has 6 nitrogen and oxygen atoms in total. The molecule has 0 aliphatic rings. The zero-order chi connectivity index (χ0) is 18.1. The Hall–Kier alpha value is -3.15. The van der Waals surface area contributed by atoms with Crippen molar-refractivity contribution >= 4 is 18.1 Å². The summed E-state index contributed by atoms with van der Waals surface area (Å²) in [6.45, 7) is 3.85. The van der Waals surface area contributed by atoms with Crippen LogP contribution < -0.4 is 10.2 Å². The predicted octanol–water partition coefficient (Wildman–Crippen LogP) is 2.70. The van der Waals surface area contributed by atoms with Gasteiger partial charge in [0.05, 0.1) is 18.4 Å². The van der Waals surface area contributed by atoms with Crippen molar-refractivity contribution in [3.8, 4) is 5.75 Å². The lowest BCUT2D eigenvalue weighted by atomic mass is 10.1. The highest BCUT2D eigenvalue weighted by Gasteiger charge is 2.07. The van der Waals surface area contributed by atoms with Crippen LogP contribution in [0.2, 0.25) is 0 Å². The Morgan fingerprint density at radius 3 is 2.52 bits per heavy atom. The highest BCUT2D eigenvalue weighted by molar-refractivity contribution is 5.89. The smallest absolute Gasteiger partial charge is 0.338 e. The van der Waals surface area contributed by atoms with Crippen LogP contribution in [0.25, 0.3) is 0 Å². The van der Waals surface area contributed by atoms with Crippen LogP contribution in [0.4, 0.5) is 0 Å². The summed E-state index contributed by atoms with van der Waals surface area (Å²) < 4.78 is 10.2. The fourth-order valence-corrected chi connectivity index (χ4v) is 1.99. The lowest BCUT2D eigenvalue weighted by Crippen LogP contribution is -2.24. The number of hydrazone groups is 1. The quantitative estimate of drug-likeness (QED) is 0.478. The molecule has 25 heavy (non-hydrogen) atoms. The summed E-state index contributed by atoms with van der Waals surface area (Å²) >= 11 is 0. The molecule has 0 saturated carbocycles. The highest BCUT2D eigenvalue weighted by atomic mass is 16.5. The molecule has 0 atom stereocenters. The second-order valence-corrected chi connectivity index (χ2v) is 5.18. The average molecular weight is 340 g/mol. The van der Waals surface area contributed by atoms with E-state index in [1.165, 1.54) is 0 Å². The van der Waals surface area contributed by atoms with E-state index in [9.17, 15) is 9.59 Å². The monoisotopic (exact) mass is 340 g/mol. The zero-order valence-electron chi connectivity index (χ0n) is 14.2. The summed E-state index contributed by atoms with van der Waals surface area (Å²) in [6.07, 6.45) is 1.58. The SMILES string of the molecule is CCOC(=O)c1ccc(OCC(=O)NN=Cc2ccccc2C)cc1. The number of carbonyl (C=O) groups is 2. The molecule has 2 aromatic carbocycles. The summed E-state index contributed by atoms with van der Waals surface area (Å²) in [5.74, 6) is -0.289. The Labute approximate surface area is 146 Å². The number of rotatable bonds is 7. The molecular formula is C19H20N2O4. The normalized spacial score (nSPS) is 10.5. The van der Waals surface area contributed by atoms with Crippen LogP contribution in [0.3, 0.4) is 0 Å². The van der Waals surface area contributed by atoms with Crippen molar-refractivity contribution in [1.29, 1.82) is 0 Å². The number of carbonyl (C=O) groups excluding carboxylic acids is 2. The Bertz CT molecular complexity index is 754. The van der Waals surface area contributed by atoms with Crippen LogP contribution in [-0.2, 0) is 9.53 Å². The van der Waals surface area contributed by atoms with Gasteiger partial charge in [-0.2, -0.15) is 5.10 Å². The minimum Gasteiger partial charge on any atom is -0.484 e. The molecular weight excluding hydrogens is 320 g/mol. The van der Waals surface area contributed by atoms with Crippen molar-refractivity contribution in [3.63, 3.8) is 0 Å². The Morgan fingerprint density at radius 1 is 1.12 bits per heavy atom. The van der Waals surface area contributed by atoms with E-state index >= 15 is 0 Å². The molecule has 130 valence electrons. The van der Waals surface area contributed by atoms with Crippen LogP contribution in [-0.4, -0.2) is 31.3 Å². The molecule has 0 radical (unpaired) electrons. The van der Waals surface area contributed by atoms with E-state index in [0.717, 1.165) is 11.1 Å². The van der Waals surface area contributed by atoms with E-state index in [0.29, 0.717) is 17.9 Å². The third-order valence-corrected chi connectivity index (χ3v) is 3.32. The first-order chi connectivity index (χ1) is 12.1. The minimum absolute atomic E-state index is 0.177. The van der Waals surface area contributed by atoms with Crippen molar-refractivity contribution < 1.29 is 19.1 Å². The fraction of sp³-hybridized carbons (Fsp3) is 0.211. The molecule has 0 aliphatic heterocycles. The molecule has 0 fully saturated rings. The lowest BCUT2D eigenvalue weighted by Gasteiger charge is -2.06. The average Bonchev–Trinajstić information content (AvgIpc) is 2.62. The maximum absolute atomic E-state index is 11.7.